The fraction of sp³-hybridized carbons (Fsp3) is 0.350. The number of amidine groups is 1. The average molecular weight is 396 g/mol. The number of benzene rings is 1. The van der Waals surface area contributed by atoms with Crippen molar-refractivity contribution in [3.8, 4) is 11.4 Å². The number of amides is 3. The Kier molecular flexibility index (Phi) is 4.25. The first-order valence-corrected chi connectivity index (χ1v) is 9.24. The van der Waals surface area contributed by atoms with Crippen LogP contribution in [0.15, 0.2) is 35.5 Å². The maximum atomic E-state index is 13.2. The topological polar surface area (TPSA) is 88.1 Å². The van der Waals surface area contributed by atoms with Crippen LogP contribution in [-0.4, -0.2) is 58.1 Å². The van der Waals surface area contributed by atoms with Gasteiger partial charge in [0.25, 0.3) is 5.91 Å². The summed E-state index contributed by atoms with van der Waals surface area (Å²) in [5, 5.41) is 0. The Hall–Kier alpha value is -3.49. The second-order valence-electron chi connectivity index (χ2n) is 7.22. The van der Waals surface area contributed by atoms with Gasteiger partial charge in [-0.3, -0.25) is 14.5 Å². The number of methoxy groups -OCH3 is 1. The number of carbonyl (C=O) groups excluding carboxylic acids is 3. The number of rotatable bonds is 4. The van der Waals surface area contributed by atoms with Gasteiger partial charge in [0, 0.05) is 7.05 Å². The molecular formula is C20H22N5O4+. The van der Waals surface area contributed by atoms with Crippen LogP contribution < -0.4 is 9.30 Å². The number of ether oxygens (including phenoxy) is 1. The Morgan fingerprint density at radius 2 is 1.90 bits per heavy atom. The van der Waals surface area contributed by atoms with E-state index in [1.807, 2.05) is 42.0 Å². The summed E-state index contributed by atoms with van der Waals surface area (Å²) < 4.78 is 8.88. The Morgan fingerprint density at radius 3 is 2.48 bits per heavy atom. The summed E-state index contributed by atoms with van der Waals surface area (Å²) in [5.74, 6) is 0.917. The maximum absolute atomic E-state index is 13.2. The van der Waals surface area contributed by atoms with E-state index >= 15 is 0 Å². The van der Waals surface area contributed by atoms with Gasteiger partial charge in [-0.15, -0.1) is 0 Å². The molecule has 2 aliphatic heterocycles. The van der Waals surface area contributed by atoms with Crippen LogP contribution in [0.5, 0.6) is 5.75 Å². The third-order valence-corrected chi connectivity index (χ3v) is 5.46. The molecule has 1 saturated heterocycles. The van der Waals surface area contributed by atoms with Gasteiger partial charge in [-0.25, -0.2) is 14.3 Å². The van der Waals surface area contributed by atoms with Crippen LogP contribution in [0.25, 0.3) is 5.69 Å². The smallest absolute Gasteiger partial charge is 0.406 e. The van der Waals surface area contributed by atoms with E-state index in [2.05, 4.69) is 4.99 Å². The van der Waals surface area contributed by atoms with Crippen molar-refractivity contribution in [1.29, 1.82) is 0 Å². The molecule has 4 rings (SSSR count). The zero-order chi connectivity index (χ0) is 21.0. The third-order valence-electron chi connectivity index (χ3n) is 5.46. The number of fused-ring (bicyclic) bond motifs is 3. The number of hydrogen-bond donors (Lipinski definition) is 0. The molecule has 0 saturated carbocycles. The van der Waals surface area contributed by atoms with Crippen molar-refractivity contribution < 1.29 is 23.7 Å². The first kappa shape index (κ1) is 18.9. The van der Waals surface area contributed by atoms with E-state index in [4.69, 9.17) is 4.74 Å². The number of urea groups is 1. The Morgan fingerprint density at radius 1 is 1.24 bits per heavy atom. The fourth-order valence-electron chi connectivity index (χ4n) is 3.74. The summed E-state index contributed by atoms with van der Waals surface area (Å²) in [6.45, 7) is 4.84. The van der Waals surface area contributed by atoms with Crippen molar-refractivity contribution >= 4 is 29.5 Å². The van der Waals surface area contributed by atoms with Crippen molar-refractivity contribution in [1.82, 2.24) is 14.4 Å². The summed E-state index contributed by atoms with van der Waals surface area (Å²) in [5.41, 5.74) is 1.74. The normalized spacial score (nSPS) is 19.1. The third kappa shape index (κ3) is 2.65. The number of aromatic nitrogens is 2. The van der Waals surface area contributed by atoms with Crippen molar-refractivity contribution in [2.75, 3.05) is 14.2 Å². The number of Topliss-reactive ketones (excluding diaryl/α,β-unsaturated/α-hetero) is 1. The lowest BCUT2D eigenvalue weighted by Crippen LogP contribution is -2.65. The molecule has 29 heavy (non-hydrogen) atoms. The first-order chi connectivity index (χ1) is 13.8. The number of aliphatic imine (C=N–C) groups is 1. The summed E-state index contributed by atoms with van der Waals surface area (Å²) >= 11 is 0. The van der Waals surface area contributed by atoms with Gasteiger partial charge in [0.1, 0.15) is 23.3 Å². The quantitative estimate of drug-likeness (QED) is 0.734. The molecule has 0 radical (unpaired) electrons. The first-order valence-electron chi connectivity index (χ1n) is 9.24. The van der Waals surface area contributed by atoms with E-state index in [9.17, 15) is 14.4 Å². The van der Waals surface area contributed by atoms with E-state index < -0.39 is 24.0 Å². The number of nitrogens with zero attached hydrogens (tertiary/aromatic N) is 5. The molecule has 1 aromatic heterocycles. The Bertz CT molecular complexity index is 1070. The van der Waals surface area contributed by atoms with Gasteiger partial charge in [0.05, 0.1) is 13.2 Å². The van der Waals surface area contributed by atoms with Crippen LogP contribution in [0.4, 0.5) is 10.7 Å². The van der Waals surface area contributed by atoms with E-state index in [1.165, 1.54) is 11.8 Å². The van der Waals surface area contributed by atoms with Crippen LogP contribution in [0, 0.1) is 6.92 Å². The lowest BCUT2D eigenvalue weighted by molar-refractivity contribution is -0.676. The predicted molar refractivity (Wildman–Crippen MR) is 104 cm³/mol. The van der Waals surface area contributed by atoms with Crippen LogP contribution in [0.1, 0.15) is 25.6 Å². The number of likely N-dealkylation sites (N-methyl/N-ethyl adjacent to an activating group) is 1. The average Bonchev–Trinajstić information content (AvgIpc) is 3.21. The molecule has 3 amide bonds. The minimum absolute atomic E-state index is 0.254. The summed E-state index contributed by atoms with van der Waals surface area (Å²) in [6, 6.07) is 5.31. The molecule has 0 N–H and O–H groups in total. The largest absolute Gasteiger partial charge is 0.497 e. The van der Waals surface area contributed by atoms with E-state index in [0.717, 1.165) is 22.0 Å². The lowest BCUT2D eigenvalue weighted by Gasteiger charge is -2.35. The van der Waals surface area contributed by atoms with Crippen LogP contribution in [-0.2, 0) is 9.59 Å². The zero-order valence-electron chi connectivity index (χ0n) is 16.9. The van der Waals surface area contributed by atoms with E-state index in [1.54, 1.807) is 25.6 Å². The number of imidazole rings is 1. The Labute approximate surface area is 167 Å². The highest BCUT2D eigenvalue weighted by atomic mass is 16.5. The molecule has 0 spiro atoms. The van der Waals surface area contributed by atoms with Crippen LogP contribution >= 0.6 is 0 Å². The van der Waals surface area contributed by atoms with Crippen LogP contribution in [0.2, 0.25) is 0 Å². The molecule has 3 heterocycles. The molecule has 2 unspecified atom stereocenters. The minimum atomic E-state index is -0.839. The number of hydrogen-bond acceptors (Lipinski definition) is 5. The summed E-state index contributed by atoms with van der Waals surface area (Å²) in [6.07, 6.45) is 1.83. The van der Waals surface area contributed by atoms with E-state index in [-0.39, 0.29) is 5.78 Å². The van der Waals surface area contributed by atoms with Gasteiger partial charge < -0.3 is 4.74 Å². The zero-order valence-corrected chi connectivity index (χ0v) is 16.9. The fourth-order valence-corrected chi connectivity index (χ4v) is 3.74. The van der Waals surface area contributed by atoms with Gasteiger partial charge >= 0.3 is 12.0 Å². The molecule has 2 aromatic rings. The number of imide groups is 1. The number of carbonyl (C=O) groups is 3. The van der Waals surface area contributed by atoms with Gasteiger partial charge in [0.15, 0.2) is 5.78 Å². The molecule has 0 aliphatic carbocycles. The van der Waals surface area contributed by atoms with E-state index in [0.29, 0.717) is 11.8 Å². The maximum Gasteiger partial charge on any atom is 0.406 e. The SMILES string of the molecule is COc1ccc(-n2c(C)c[n+]3c2N=C2C3C(=O)N(C(C)C(C)=O)C(=O)N2C)cc1. The van der Waals surface area contributed by atoms with Crippen molar-refractivity contribution in [3.63, 3.8) is 0 Å². The van der Waals surface area contributed by atoms with Crippen molar-refractivity contribution in [2.45, 2.75) is 32.9 Å². The lowest BCUT2D eigenvalue weighted by atomic mass is 10.1. The molecular weight excluding hydrogens is 374 g/mol. The molecule has 9 nitrogen and oxygen atoms in total. The summed E-state index contributed by atoms with van der Waals surface area (Å²) in [7, 11) is 3.17. The highest BCUT2D eigenvalue weighted by Crippen LogP contribution is 2.32. The molecule has 9 heteroatoms. The standard InChI is InChI=1S/C20H22N5O4/c1-11-10-23-16-17(22(4)20(28)25(18(16)27)12(2)13(3)26)21-19(23)24(11)14-6-8-15(29-5)9-7-14/h6-10,12,16H,1-5H3/q+1. The predicted octanol–water partition coefficient (Wildman–Crippen LogP) is 1.54. The second kappa shape index (κ2) is 6.54. The molecule has 0 bridgehead atoms. The minimum Gasteiger partial charge on any atom is -0.497 e. The second-order valence-corrected chi connectivity index (χ2v) is 7.22. The summed E-state index contributed by atoms with van der Waals surface area (Å²) in [4.78, 5) is 44.8. The van der Waals surface area contributed by atoms with Gasteiger partial charge in [-0.05, 0) is 45.0 Å². The highest BCUT2D eigenvalue weighted by molar-refractivity contribution is 6.20. The van der Waals surface area contributed by atoms with Crippen molar-refractivity contribution in [2.24, 2.45) is 4.99 Å². The monoisotopic (exact) mass is 396 g/mol. The number of ketones is 1. The molecule has 2 aliphatic rings. The van der Waals surface area contributed by atoms with Gasteiger partial charge in [0.2, 0.25) is 11.9 Å². The van der Waals surface area contributed by atoms with Gasteiger partial charge in [-0.2, -0.15) is 4.57 Å². The number of aryl methyl sites for hydroxylation is 1. The highest BCUT2D eigenvalue weighted by Gasteiger charge is 2.54. The molecule has 1 fully saturated rings. The molecule has 2 atom stereocenters. The Balaban J connectivity index is 1.82. The van der Waals surface area contributed by atoms with Crippen molar-refractivity contribution in [3.05, 3.63) is 36.2 Å². The molecule has 1 aromatic carbocycles. The van der Waals surface area contributed by atoms with Gasteiger partial charge in [-0.1, -0.05) is 4.99 Å². The van der Waals surface area contributed by atoms with Crippen LogP contribution in [0.3, 0.4) is 0 Å². The molecule has 150 valence electrons.